The molecule has 1 fully saturated rings. The molecule has 122 valence electrons. The average molecular weight is 306 g/mol. The van der Waals surface area contributed by atoms with E-state index in [1.165, 1.54) is 25.2 Å². The van der Waals surface area contributed by atoms with Gasteiger partial charge in [-0.25, -0.2) is 4.79 Å². The predicted molar refractivity (Wildman–Crippen MR) is 84.0 cm³/mol. The van der Waals surface area contributed by atoms with Gasteiger partial charge in [-0.3, -0.25) is 4.79 Å². The summed E-state index contributed by atoms with van der Waals surface area (Å²) in [5.74, 6) is 0.544. The number of hydrogen-bond acceptors (Lipinski definition) is 4. The van der Waals surface area contributed by atoms with Crippen molar-refractivity contribution in [3.63, 3.8) is 0 Å². The maximum Gasteiger partial charge on any atom is 0.333 e. The maximum atomic E-state index is 11.7. The summed E-state index contributed by atoms with van der Waals surface area (Å²) in [7, 11) is 1.40. The number of esters is 2. The van der Waals surface area contributed by atoms with Gasteiger partial charge in [0.15, 0.2) is 0 Å². The number of methoxy groups -OCH3 is 1. The second-order valence-electron chi connectivity index (χ2n) is 6.62. The summed E-state index contributed by atoms with van der Waals surface area (Å²) >= 11 is 0. The first-order valence-corrected chi connectivity index (χ1v) is 7.98. The molecule has 0 aromatic carbocycles. The minimum atomic E-state index is -0.275. The summed E-state index contributed by atoms with van der Waals surface area (Å²) in [6.07, 6.45) is 4.91. The number of carbonyl (C=O) groups is 2. The van der Waals surface area contributed by atoms with Crippen LogP contribution in [0, 0.1) is 17.8 Å². The molecule has 2 aliphatic rings. The second-order valence-corrected chi connectivity index (χ2v) is 6.62. The molecule has 0 aromatic rings. The molecule has 0 saturated heterocycles. The molecule has 0 heterocycles. The van der Waals surface area contributed by atoms with E-state index in [0.29, 0.717) is 11.5 Å². The first-order chi connectivity index (χ1) is 10.3. The molecule has 0 spiro atoms. The van der Waals surface area contributed by atoms with Gasteiger partial charge in [-0.2, -0.15) is 0 Å². The van der Waals surface area contributed by atoms with Gasteiger partial charge in [0.05, 0.1) is 7.11 Å². The van der Waals surface area contributed by atoms with Crippen molar-refractivity contribution in [3.05, 3.63) is 22.8 Å². The van der Waals surface area contributed by atoms with Crippen LogP contribution in [-0.4, -0.2) is 25.2 Å². The van der Waals surface area contributed by atoms with Crippen LogP contribution in [0.1, 0.15) is 47.0 Å². The quantitative estimate of drug-likeness (QED) is 0.455. The molecular weight excluding hydrogens is 280 g/mol. The number of rotatable bonds is 3. The lowest BCUT2D eigenvalue weighted by atomic mass is 9.70. The predicted octanol–water partition coefficient (Wildman–Crippen LogP) is 3.42. The van der Waals surface area contributed by atoms with Crippen LogP contribution in [-0.2, 0) is 19.1 Å². The largest absolute Gasteiger partial charge is 0.466 e. The fourth-order valence-electron chi connectivity index (χ4n) is 4.08. The van der Waals surface area contributed by atoms with Crippen LogP contribution < -0.4 is 0 Å². The van der Waals surface area contributed by atoms with Crippen LogP contribution >= 0.6 is 0 Å². The van der Waals surface area contributed by atoms with E-state index in [1.807, 2.05) is 6.08 Å². The summed E-state index contributed by atoms with van der Waals surface area (Å²) in [4.78, 5) is 23.0. The Morgan fingerprint density at radius 2 is 1.91 bits per heavy atom. The normalized spacial score (nSPS) is 31.8. The number of fused-ring (bicyclic) bond motifs is 1. The number of allylic oxidation sites excluding steroid dienone is 1. The minimum Gasteiger partial charge on any atom is -0.466 e. The third kappa shape index (κ3) is 3.26. The molecular formula is C18H26O4. The molecule has 0 N–H and O–H groups in total. The summed E-state index contributed by atoms with van der Waals surface area (Å²) in [6, 6.07) is 0. The number of hydrogen-bond donors (Lipinski definition) is 0. The van der Waals surface area contributed by atoms with Crippen molar-refractivity contribution in [1.29, 1.82) is 0 Å². The summed E-state index contributed by atoms with van der Waals surface area (Å²) in [5, 5.41) is 0. The van der Waals surface area contributed by atoms with Crippen molar-refractivity contribution in [2.45, 2.75) is 53.1 Å². The van der Waals surface area contributed by atoms with E-state index < -0.39 is 0 Å². The Morgan fingerprint density at radius 3 is 2.50 bits per heavy atom. The van der Waals surface area contributed by atoms with E-state index in [-0.39, 0.29) is 29.9 Å². The highest BCUT2D eigenvalue weighted by Gasteiger charge is 2.43. The Morgan fingerprint density at radius 1 is 1.23 bits per heavy atom. The third-order valence-corrected chi connectivity index (χ3v) is 4.98. The van der Waals surface area contributed by atoms with Crippen molar-refractivity contribution in [3.8, 4) is 0 Å². The van der Waals surface area contributed by atoms with Crippen molar-refractivity contribution >= 4 is 11.9 Å². The SMILES string of the molecule is COC(=O)/C(C)=C/[C@@H]1CCC(C)C2C1=C(C)CC2OC(C)=O. The molecule has 0 bridgehead atoms. The number of ether oxygens (including phenoxy) is 2. The molecule has 4 atom stereocenters. The molecule has 0 aromatic heterocycles. The zero-order valence-electron chi connectivity index (χ0n) is 14.1. The topological polar surface area (TPSA) is 52.6 Å². The van der Waals surface area contributed by atoms with Crippen LogP contribution in [0.3, 0.4) is 0 Å². The van der Waals surface area contributed by atoms with Crippen molar-refractivity contribution in [2.24, 2.45) is 17.8 Å². The van der Waals surface area contributed by atoms with Crippen LogP contribution in [0.15, 0.2) is 22.8 Å². The molecule has 22 heavy (non-hydrogen) atoms. The second kappa shape index (κ2) is 6.67. The van der Waals surface area contributed by atoms with Crippen molar-refractivity contribution in [2.75, 3.05) is 7.11 Å². The molecule has 0 aliphatic heterocycles. The Bertz CT molecular complexity index is 529. The van der Waals surface area contributed by atoms with Gasteiger partial charge in [0, 0.05) is 24.8 Å². The van der Waals surface area contributed by atoms with Gasteiger partial charge in [0.25, 0.3) is 0 Å². The molecule has 2 aliphatic carbocycles. The lowest BCUT2D eigenvalue weighted by molar-refractivity contribution is -0.148. The standard InChI is InChI=1S/C18H26O4/c1-10-6-7-14(8-12(3)18(20)21-5)16-11(2)9-15(17(10)16)22-13(4)19/h8,10,14-15,17H,6-7,9H2,1-5H3/b12-8+/t10?,14-,15?,17?/m0/s1. The summed E-state index contributed by atoms with van der Waals surface area (Å²) < 4.78 is 10.3. The fraction of sp³-hybridized carbons (Fsp3) is 0.667. The van der Waals surface area contributed by atoms with E-state index in [1.54, 1.807) is 6.92 Å². The van der Waals surface area contributed by atoms with Gasteiger partial charge in [0.2, 0.25) is 0 Å². The maximum absolute atomic E-state index is 11.7. The molecule has 2 rings (SSSR count). The van der Waals surface area contributed by atoms with Gasteiger partial charge < -0.3 is 9.47 Å². The summed E-state index contributed by atoms with van der Waals surface area (Å²) in [6.45, 7) is 7.62. The highest BCUT2D eigenvalue weighted by Crippen LogP contribution is 2.49. The van der Waals surface area contributed by atoms with Gasteiger partial charge in [-0.15, -0.1) is 0 Å². The van der Waals surface area contributed by atoms with Gasteiger partial charge in [-0.05, 0) is 38.5 Å². The van der Waals surface area contributed by atoms with Crippen LogP contribution in [0.4, 0.5) is 0 Å². The first kappa shape index (κ1) is 16.8. The van der Waals surface area contributed by atoms with Crippen molar-refractivity contribution < 1.29 is 19.1 Å². The van der Waals surface area contributed by atoms with Gasteiger partial charge in [-0.1, -0.05) is 24.1 Å². The van der Waals surface area contributed by atoms with Gasteiger partial charge in [0.1, 0.15) is 6.10 Å². The van der Waals surface area contributed by atoms with E-state index in [2.05, 4.69) is 13.8 Å². The Kier molecular flexibility index (Phi) is 5.09. The van der Waals surface area contributed by atoms with Crippen LogP contribution in [0.25, 0.3) is 0 Å². The lowest BCUT2D eigenvalue weighted by Gasteiger charge is -2.36. The molecule has 1 saturated carbocycles. The fourth-order valence-corrected chi connectivity index (χ4v) is 4.08. The molecule has 0 amide bonds. The van der Waals surface area contributed by atoms with Crippen LogP contribution in [0.2, 0.25) is 0 Å². The highest BCUT2D eigenvalue weighted by atomic mass is 16.5. The third-order valence-electron chi connectivity index (χ3n) is 4.98. The number of carbonyl (C=O) groups excluding carboxylic acids is 2. The molecule has 4 nitrogen and oxygen atoms in total. The van der Waals surface area contributed by atoms with E-state index in [9.17, 15) is 9.59 Å². The lowest BCUT2D eigenvalue weighted by Crippen LogP contribution is -2.33. The van der Waals surface area contributed by atoms with Crippen molar-refractivity contribution in [1.82, 2.24) is 0 Å². The molecule has 4 heteroatoms. The Balaban J connectivity index is 2.27. The average Bonchev–Trinajstić information content (AvgIpc) is 2.77. The van der Waals surface area contributed by atoms with E-state index >= 15 is 0 Å². The zero-order valence-corrected chi connectivity index (χ0v) is 14.1. The zero-order chi connectivity index (χ0) is 16.4. The van der Waals surface area contributed by atoms with E-state index in [0.717, 1.165) is 19.3 Å². The van der Waals surface area contributed by atoms with E-state index in [4.69, 9.17) is 9.47 Å². The monoisotopic (exact) mass is 306 g/mol. The smallest absolute Gasteiger partial charge is 0.333 e. The molecule has 0 radical (unpaired) electrons. The summed E-state index contributed by atoms with van der Waals surface area (Å²) in [5.41, 5.74) is 3.33. The Hall–Kier alpha value is -1.58. The van der Waals surface area contributed by atoms with Gasteiger partial charge >= 0.3 is 11.9 Å². The minimum absolute atomic E-state index is 0.0443. The van der Waals surface area contributed by atoms with Crippen LogP contribution in [0.5, 0.6) is 0 Å². The Labute approximate surface area is 132 Å². The molecule has 3 unspecified atom stereocenters. The first-order valence-electron chi connectivity index (χ1n) is 7.98. The highest BCUT2D eigenvalue weighted by molar-refractivity contribution is 5.87.